The van der Waals surface area contributed by atoms with E-state index in [4.69, 9.17) is 4.42 Å². The normalized spacial score (nSPS) is 20.7. The Morgan fingerprint density at radius 1 is 1.27 bits per heavy atom. The van der Waals surface area contributed by atoms with E-state index in [9.17, 15) is 9.59 Å². The molecule has 1 saturated carbocycles. The highest BCUT2D eigenvalue weighted by atomic mass is 16.3. The van der Waals surface area contributed by atoms with E-state index < -0.39 is 0 Å². The van der Waals surface area contributed by atoms with Gasteiger partial charge in [0.2, 0.25) is 5.91 Å². The number of rotatable bonds is 3. The van der Waals surface area contributed by atoms with E-state index in [-0.39, 0.29) is 24.1 Å². The first-order chi connectivity index (χ1) is 12.4. The third-order valence-corrected chi connectivity index (χ3v) is 5.41. The molecule has 0 radical (unpaired) electrons. The number of nitrogens with one attached hydrogen (secondary N) is 1. The van der Waals surface area contributed by atoms with E-state index in [0.717, 1.165) is 30.5 Å². The van der Waals surface area contributed by atoms with Crippen LogP contribution >= 0.6 is 0 Å². The van der Waals surface area contributed by atoms with Crippen molar-refractivity contribution in [2.24, 2.45) is 5.92 Å². The van der Waals surface area contributed by atoms with Crippen molar-refractivity contribution in [3.05, 3.63) is 34.1 Å². The van der Waals surface area contributed by atoms with Crippen LogP contribution in [0.25, 0.3) is 16.6 Å². The zero-order valence-corrected chi connectivity index (χ0v) is 15.4. The number of fused-ring (bicyclic) bond motifs is 3. The van der Waals surface area contributed by atoms with E-state index in [1.807, 2.05) is 19.9 Å². The van der Waals surface area contributed by atoms with Crippen LogP contribution in [0, 0.1) is 19.8 Å². The number of carbonyl (C=O) groups excluding carboxylic acids is 1. The maximum atomic E-state index is 12.8. The average molecular weight is 356 g/mol. The van der Waals surface area contributed by atoms with Crippen molar-refractivity contribution >= 4 is 22.5 Å². The molecule has 4 rings (SSSR count). The number of amides is 1. The molecule has 7 heteroatoms. The lowest BCUT2D eigenvalue weighted by atomic mass is 9.86. The van der Waals surface area contributed by atoms with E-state index in [2.05, 4.69) is 17.3 Å². The van der Waals surface area contributed by atoms with Gasteiger partial charge < -0.3 is 9.73 Å². The molecule has 1 fully saturated rings. The monoisotopic (exact) mass is 356 g/mol. The van der Waals surface area contributed by atoms with Gasteiger partial charge in [-0.3, -0.25) is 14.0 Å². The lowest BCUT2D eigenvalue weighted by molar-refractivity contribution is -0.123. The van der Waals surface area contributed by atoms with Crippen LogP contribution in [0.3, 0.4) is 0 Å². The van der Waals surface area contributed by atoms with Crippen LogP contribution < -0.4 is 10.9 Å². The lowest BCUT2D eigenvalue weighted by Gasteiger charge is -2.29. The van der Waals surface area contributed by atoms with Crippen LogP contribution in [0.1, 0.15) is 44.2 Å². The minimum Gasteiger partial charge on any atom is -0.460 e. The number of aromatic nitrogens is 3. The number of furan rings is 1. The van der Waals surface area contributed by atoms with Gasteiger partial charge in [-0.25, -0.2) is 4.68 Å². The minimum absolute atomic E-state index is 0.0645. The van der Waals surface area contributed by atoms with Crippen molar-refractivity contribution in [1.29, 1.82) is 0 Å². The maximum absolute atomic E-state index is 12.8. The van der Waals surface area contributed by atoms with Crippen LogP contribution in [0.15, 0.2) is 21.3 Å². The number of nitrogens with zero attached hydrogens (tertiary/aromatic N) is 3. The molecule has 3 aromatic heterocycles. The highest BCUT2D eigenvalue weighted by Crippen LogP contribution is 2.24. The summed E-state index contributed by atoms with van der Waals surface area (Å²) in [6, 6.07) is 3.80. The molecule has 2 atom stereocenters. The van der Waals surface area contributed by atoms with Gasteiger partial charge in [0.1, 0.15) is 23.6 Å². The number of hydrogen-bond acceptors (Lipinski definition) is 4. The summed E-state index contributed by atoms with van der Waals surface area (Å²) >= 11 is 0. The molecule has 0 saturated heterocycles. The molecular weight excluding hydrogens is 332 g/mol. The summed E-state index contributed by atoms with van der Waals surface area (Å²) in [5.74, 6) is 1.75. The molecule has 7 nitrogen and oxygen atoms in total. The van der Waals surface area contributed by atoms with E-state index in [1.165, 1.54) is 11.1 Å². The Labute approximate surface area is 151 Å². The summed E-state index contributed by atoms with van der Waals surface area (Å²) < 4.78 is 8.65. The quantitative estimate of drug-likeness (QED) is 0.782. The molecule has 1 aliphatic rings. The molecule has 3 aromatic rings. The van der Waals surface area contributed by atoms with Crippen molar-refractivity contribution in [2.75, 3.05) is 0 Å². The van der Waals surface area contributed by atoms with Crippen LogP contribution in [-0.2, 0) is 11.3 Å². The fourth-order valence-electron chi connectivity index (χ4n) is 4.04. The predicted octanol–water partition coefficient (Wildman–Crippen LogP) is 2.55. The van der Waals surface area contributed by atoms with Gasteiger partial charge in [-0.2, -0.15) is 5.10 Å². The molecule has 0 aromatic carbocycles. The lowest BCUT2D eigenvalue weighted by Crippen LogP contribution is -2.44. The van der Waals surface area contributed by atoms with Crippen molar-refractivity contribution in [3.63, 3.8) is 0 Å². The predicted molar refractivity (Wildman–Crippen MR) is 98.3 cm³/mol. The molecule has 138 valence electrons. The number of hydrogen-bond donors (Lipinski definition) is 1. The highest BCUT2D eigenvalue weighted by molar-refractivity contribution is 5.83. The van der Waals surface area contributed by atoms with Gasteiger partial charge in [0.15, 0.2) is 5.58 Å². The standard InChI is InChI=1S/C19H24N4O3/c1-11-6-4-5-7-14(11)20-18(24)10-22-19(25)16-9-17-15(8-12(2)26-17)23(16)13(3)21-22/h8-9,11,14H,4-7,10H2,1-3H3,(H,20,24)/t11-,14-/m1/s1. The van der Waals surface area contributed by atoms with Crippen LogP contribution in [0.4, 0.5) is 0 Å². The van der Waals surface area contributed by atoms with E-state index in [0.29, 0.717) is 22.8 Å². The number of carbonyl (C=O) groups is 1. The molecular formula is C19H24N4O3. The molecule has 0 spiro atoms. The van der Waals surface area contributed by atoms with Crippen LogP contribution in [-0.4, -0.2) is 26.1 Å². The molecule has 0 aliphatic heterocycles. The second-order valence-electron chi connectivity index (χ2n) is 7.42. The second kappa shape index (κ2) is 6.30. The Kier molecular flexibility index (Phi) is 4.09. The largest absolute Gasteiger partial charge is 0.460 e. The summed E-state index contributed by atoms with van der Waals surface area (Å²) in [5, 5.41) is 7.43. The first kappa shape index (κ1) is 16.9. The fraction of sp³-hybridized carbons (Fsp3) is 0.526. The topological polar surface area (TPSA) is 81.5 Å². The van der Waals surface area contributed by atoms with Crippen molar-refractivity contribution in [2.45, 2.75) is 59.0 Å². The second-order valence-corrected chi connectivity index (χ2v) is 7.42. The molecule has 1 amide bonds. The molecule has 1 N–H and O–H groups in total. The highest BCUT2D eigenvalue weighted by Gasteiger charge is 2.23. The van der Waals surface area contributed by atoms with Gasteiger partial charge in [-0.1, -0.05) is 19.8 Å². The Balaban J connectivity index is 1.63. The molecule has 26 heavy (non-hydrogen) atoms. The summed E-state index contributed by atoms with van der Waals surface area (Å²) in [4.78, 5) is 25.2. The Hall–Kier alpha value is -2.57. The molecule has 1 aliphatic carbocycles. The fourth-order valence-corrected chi connectivity index (χ4v) is 4.04. The molecule has 0 bridgehead atoms. The smallest absolute Gasteiger partial charge is 0.291 e. The van der Waals surface area contributed by atoms with Crippen molar-refractivity contribution < 1.29 is 9.21 Å². The third-order valence-electron chi connectivity index (χ3n) is 5.41. The summed E-state index contributed by atoms with van der Waals surface area (Å²) in [7, 11) is 0. The first-order valence-electron chi connectivity index (χ1n) is 9.22. The van der Waals surface area contributed by atoms with Crippen LogP contribution in [0.5, 0.6) is 0 Å². The Morgan fingerprint density at radius 3 is 2.81 bits per heavy atom. The zero-order valence-electron chi connectivity index (χ0n) is 15.4. The van der Waals surface area contributed by atoms with E-state index >= 15 is 0 Å². The summed E-state index contributed by atoms with van der Waals surface area (Å²) in [5.41, 5.74) is 1.67. The molecule has 0 unspecified atom stereocenters. The van der Waals surface area contributed by atoms with Crippen molar-refractivity contribution in [1.82, 2.24) is 19.5 Å². The third kappa shape index (κ3) is 2.81. The van der Waals surface area contributed by atoms with Gasteiger partial charge in [0.05, 0.1) is 5.52 Å². The van der Waals surface area contributed by atoms with Crippen LogP contribution in [0.2, 0.25) is 0 Å². The maximum Gasteiger partial charge on any atom is 0.291 e. The Morgan fingerprint density at radius 2 is 2.04 bits per heavy atom. The minimum atomic E-state index is -0.286. The van der Waals surface area contributed by atoms with E-state index in [1.54, 1.807) is 10.5 Å². The SMILES string of the molecule is Cc1cc2c(cc3c(=O)n(CC(=O)N[C@@H]4CCCC[C@H]4C)nc(C)n32)o1. The van der Waals surface area contributed by atoms with Gasteiger partial charge >= 0.3 is 0 Å². The van der Waals surface area contributed by atoms with Gasteiger partial charge in [-0.05, 0) is 32.6 Å². The van der Waals surface area contributed by atoms with Gasteiger partial charge in [-0.15, -0.1) is 0 Å². The Bertz CT molecular complexity index is 1040. The average Bonchev–Trinajstić information content (AvgIpc) is 3.10. The van der Waals surface area contributed by atoms with Gasteiger partial charge in [0, 0.05) is 18.2 Å². The van der Waals surface area contributed by atoms with Crippen molar-refractivity contribution in [3.8, 4) is 0 Å². The van der Waals surface area contributed by atoms with Gasteiger partial charge in [0.25, 0.3) is 5.56 Å². The summed E-state index contributed by atoms with van der Waals surface area (Å²) in [6.45, 7) is 5.80. The summed E-state index contributed by atoms with van der Waals surface area (Å²) in [6.07, 6.45) is 4.50. The first-order valence-corrected chi connectivity index (χ1v) is 9.22. The zero-order chi connectivity index (χ0) is 18.4. The molecule has 3 heterocycles. The number of aryl methyl sites for hydroxylation is 2.